The number of likely N-dealkylation sites (N-methyl/N-ethyl adjacent to an activating group) is 1. The van der Waals surface area contributed by atoms with Gasteiger partial charge in [-0.25, -0.2) is 0 Å². The number of rotatable bonds is 5. The van der Waals surface area contributed by atoms with Crippen LogP contribution in [0, 0.1) is 0 Å². The van der Waals surface area contributed by atoms with Crippen LogP contribution in [-0.2, 0) is 11.2 Å². The van der Waals surface area contributed by atoms with E-state index in [0.717, 1.165) is 15.8 Å². The molecule has 30 heavy (non-hydrogen) atoms. The summed E-state index contributed by atoms with van der Waals surface area (Å²) in [6.45, 7) is 1.76. The van der Waals surface area contributed by atoms with E-state index in [9.17, 15) is 14.7 Å². The average molecular weight is 466 g/mol. The largest absolute Gasteiger partial charge is 0.383 e. The molecular weight excluding hydrogens is 445 g/mol. The molecule has 2 aromatic heterocycles. The molecule has 1 aliphatic rings. The van der Waals surface area contributed by atoms with Crippen LogP contribution >= 0.6 is 34.5 Å². The Labute approximate surface area is 187 Å². The predicted octanol–water partition coefficient (Wildman–Crippen LogP) is 4.16. The first-order valence-electron chi connectivity index (χ1n) is 9.61. The summed E-state index contributed by atoms with van der Waals surface area (Å²) in [7, 11) is 1.67. The van der Waals surface area contributed by atoms with Crippen molar-refractivity contribution in [3.63, 3.8) is 0 Å². The third kappa shape index (κ3) is 3.60. The van der Waals surface area contributed by atoms with Crippen molar-refractivity contribution < 1.29 is 14.7 Å². The summed E-state index contributed by atoms with van der Waals surface area (Å²) in [5.74, 6) is -0.648. The SMILES string of the molecule is CC[C@H](O)C(=O)N(C)[C@H]1c2ccccc2C[C@H]1NC(=O)c1cc2sc(Cl)c(Cl)c2[nH]1. The zero-order chi connectivity index (χ0) is 21.6. The second-order valence-electron chi connectivity index (χ2n) is 7.41. The van der Waals surface area contributed by atoms with Gasteiger partial charge in [-0.1, -0.05) is 54.4 Å². The molecular formula is C21H21Cl2N3O3S. The van der Waals surface area contributed by atoms with Gasteiger partial charge in [0, 0.05) is 7.05 Å². The van der Waals surface area contributed by atoms with E-state index in [4.69, 9.17) is 23.2 Å². The van der Waals surface area contributed by atoms with Crippen LogP contribution in [0.5, 0.6) is 0 Å². The zero-order valence-electron chi connectivity index (χ0n) is 16.4. The molecule has 6 nitrogen and oxygen atoms in total. The van der Waals surface area contributed by atoms with Crippen LogP contribution in [0.2, 0.25) is 9.36 Å². The summed E-state index contributed by atoms with van der Waals surface area (Å²) in [6.07, 6.45) is -0.147. The van der Waals surface area contributed by atoms with Crippen molar-refractivity contribution in [2.45, 2.75) is 38.0 Å². The number of aromatic amines is 1. The van der Waals surface area contributed by atoms with Crippen LogP contribution < -0.4 is 5.32 Å². The first-order valence-corrected chi connectivity index (χ1v) is 11.2. The predicted molar refractivity (Wildman–Crippen MR) is 119 cm³/mol. The monoisotopic (exact) mass is 465 g/mol. The van der Waals surface area contributed by atoms with Crippen LogP contribution in [0.1, 0.15) is 41.0 Å². The molecule has 0 saturated carbocycles. The first-order chi connectivity index (χ1) is 14.3. The maximum atomic E-state index is 13.0. The summed E-state index contributed by atoms with van der Waals surface area (Å²) in [5, 5.41) is 13.5. The standard InChI is InChI=1S/C21H21Cl2N3O3S/c1-3-14(27)21(29)26(2)18-11-7-5-4-6-10(11)8-12(18)25-20(28)13-9-15-17(24-13)16(22)19(23)30-15/h4-7,9,12,14,18,24,27H,3,8H2,1-2H3,(H,25,28)/t12-,14+,18+/m1/s1. The van der Waals surface area contributed by atoms with Crippen LogP contribution in [-0.4, -0.2) is 46.0 Å². The van der Waals surface area contributed by atoms with Gasteiger partial charge in [0.05, 0.1) is 27.3 Å². The number of thiophene rings is 1. The van der Waals surface area contributed by atoms with Gasteiger partial charge >= 0.3 is 0 Å². The van der Waals surface area contributed by atoms with E-state index < -0.39 is 6.10 Å². The molecule has 1 aromatic carbocycles. The van der Waals surface area contributed by atoms with Gasteiger partial charge in [0.15, 0.2) is 0 Å². The minimum Gasteiger partial charge on any atom is -0.383 e. The topological polar surface area (TPSA) is 85.4 Å². The Morgan fingerprint density at radius 2 is 2.10 bits per heavy atom. The number of fused-ring (bicyclic) bond motifs is 2. The number of nitrogens with one attached hydrogen (secondary N) is 2. The van der Waals surface area contributed by atoms with Crippen molar-refractivity contribution in [1.82, 2.24) is 15.2 Å². The number of halogens is 2. The Balaban J connectivity index is 1.61. The quantitative estimate of drug-likeness (QED) is 0.528. The number of H-pyrrole nitrogens is 1. The Kier molecular flexibility index (Phi) is 5.81. The fourth-order valence-corrected chi connectivity index (χ4v) is 5.50. The number of aromatic nitrogens is 1. The summed E-state index contributed by atoms with van der Waals surface area (Å²) in [4.78, 5) is 30.2. The molecule has 0 radical (unpaired) electrons. The number of amides is 2. The molecule has 0 fully saturated rings. The van der Waals surface area contributed by atoms with Crippen molar-refractivity contribution in [3.8, 4) is 0 Å². The van der Waals surface area contributed by atoms with Crippen molar-refractivity contribution >= 4 is 56.6 Å². The Hall–Kier alpha value is -2.06. The molecule has 0 saturated heterocycles. The van der Waals surface area contributed by atoms with Gasteiger partial charge in [-0.2, -0.15) is 0 Å². The van der Waals surface area contributed by atoms with Crippen molar-refractivity contribution in [3.05, 3.63) is 56.5 Å². The van der Waals surface area contributed by atoms with Gasteiger partial charge in [0.25, 0.3) is 11.8 Å². The molecule has 0 unspecified atom stereocenters. The Morgan fingerprint density at radius 1 is 1.37 bits per heavy atom. The van der Waals surface area contributed by atoms with Gasteiger partial charge in [-0.05, 0) is 30.0 Å². The molecule has 3 aromatic rings. The van der Waals surface area contributed by atoms with E-state index in [1.54, 1.807) is 20.0 Å². The third-order valence-corrected chi connectivity index (χ3v) is 7.50. The van der Waals surface area contributed by atoms with Gasteiger partial charge in [-0.3, -0.25) is 9.59 Å². The van der Waals surface area contributed by atoms with E-state index >= 15 is 0 Å². The van der Waals surface area contributed by atoms with E-state index in [-0.39, 0.29) is 23.9 Å². The van der Waals surface area contributed by atoms with Gasteiger partial charge in [0.2, 0.25) is 0 Å². The molecule has 158 valence electrons. The normalized spacial score (nSPS) is 19.0. The first kappa shape index (κ1) is 21.2. The van der Waals surface area contributed by atoms with Crippen LogP contribution in [0.15, 0.2) is 30.3 Å². The molecule has 9 heteroatoms. The summed E-state index contributed by atoms with van der Waals surface area (Å²) in [6, 6.07) is 8.83. The number of carbonyl (C=O) groups is 2. The smallest absolute Gasteiger partial charge is 0.268 e. The molecule has 3 atom stereocenters. The molecule has 0 spiro atoms. The molecule has 2 amide bonds. The second kappa shape index (κ2) is 8.23. The highest BCUT2D eigenvalue weighted by molar-refractivity contribution is 7.23. The van der Waals surface area contributed by atoms with Gasteiger partial charge in [-0.15, -0.1) is 11.3 Å². The number of nitrogens with zero attached hydrogens (tertiary/aromatic N) is 1. The highest BCUT2D eigenvalue weighted by Gasteiger charge is 2.39. The van der Waals surface area contributed by atoms with E-state index in [2.05, 4.69) is 10.3 Å². The number of carbonyl (C=O) groups excluding carboxylic acids is 2. The number of hydrogen-bond donors (Lipinski definition) is 3. The zero-order valence-corrected chi connectivity index (χ0v) is 18.7. The highest BCUT2D eigenvalue weighted by Crippen LogP contribution is 2.39. The Bertz CT molecular complexity index is 1130. The van der Waals surface area contributed by atoms with Crippen molar-refractivity contribution in [1.29, 1.82) is 0 Å². The number of hydrogen-bond acceptors (Lipinski definition) is 4. The Morgan fingerprint density at radius 3 is 2.80 bits per heavy atom. The third-order valence-electron chi connectivity index (χ3n) is 5.57. The number of aliphatic hydroxyl groups excluding tert-OH is 1. The lowest BCUT2D eigenvalue weighted by atomic mass is 10.0. The van der Waals surface area contributed by atoms with E-state index in [1.807, 2.05) is 24.3 Å². The molecule has 4 rings (SSSR count). The fourth-order valence-electron chi connectivity index (χ4n) is 4.02. The maximum absolute atomic E-state index is 13.0. The molecule has 2 heterocycles. The lowest BCUT2D eigenvalue weighted by Gasteiger charge is -2.32. The molecule has 3 N–H and O–H groups in total. The summed E-state index contributed by atoms with van der Waals surface area (Å²) < 4.78 is 1.28. The maximum Gasteiger partial charge on any atom is 0.268 e. The van der Waals surface area contributed by atoms with Crippen molar-refractivity contribution in [2.24, 2.45) is 0 Å². The van der Waals surface area contributed by atoms with Crippen LogP contribution in [0.25, 0.3) is 10.2 Å². The second-order valence-corrected chi connectivity index (χ2v) is 9.45. The molecule has 0 aliphatic heterocycles. The molecule has 0 bridgehead atoms. The number of benzene rings is 1. The van der Waals surface area contributed by atoms with Gasteiger partial charge in [0.1, 0.15) is 16.1 Å². The van der Waals surface area contributed by atoms with E-state index in [1.165, 1.54) is 16.2 Å². The summed E-state index contributed by atoms with van der Waals surface area (Å²) >= 11 is 13.5. The van der Waals surface area contributed by atoms with Crippen LogP contribution in [0.3, 0.4) is 0 Å². The fraction of sp³-hybridized carbons (Fsp3) is 0.333. The minimum atomic E-state index is -1.07. The minimum absolute atomic E-state index is 0.287. The highest BCUT2D eigenvalue weighted by atomic mass is 35.5. The lowest BCUT2D eigenvalue weighted by molar-refractivity contribution is -0.141. The molecule has 1 aliphatic carbocycles. The van der Waals surface area contributed by atoms with Crippen LogP contribution in [0.4, 0.5) is 0 Å². The lowest BCUT2D eigenvalue weighted by Crippen LogP contribution is -2.47. The summed E-state index contributed by atoms with van der Waals surface area (Å²) in [5.41, 5.74) is 3.07. The number of aliphatic hydroxyl groups is 1. The average Bonchev–Trinajstić information content (AvgIpc) is 3.39. The van der Waals surface area contributed by atoms with E-state index in [0.29, 0.717) is 33.4 Å². The van der Waals surface area contributed by atoms with Crippen molar-refractivity contribution in [2.75, 3.05) is 7.05 Å². The van der Waals surface area contributed by atoms with Gasteiger partial charge < -0.3 is 20.3 Å².